The minimum atomic E-state index is -0.829. The topological polar surface area (TPSA) is 43.1 Å². The highest BCUT2D eigenvalue weighted by molar-refractivity contribution is 7.84. The lowest BCUT2D eigenvalue weighted by molar-refractivity contribution is 0.687. The van der Waals surface area contributed by atoms with Crippen molar-refractivity contribution >= 4 is 10.8 Å². The average molecular weight is 171 g/mol. The van der Waals surface area contributed by atoms with Crippen LogP contribution in [-0.4, -0.2) is 17.5 Å². The molecule has 1 unspecified atom stereocenters. The molecule has 0 bridgehead atoms. The minimum Gasteiger partial charge on any atom is -0.333 e. The molecule has 1 atom stereocenters. The molecule has 1 aromatic rings. The van der Waals surface area contributed by atoms with E-state index < -0.39 is 10.8 Å². The molecule has 0 aliphatic rings. The Bertz CT molecular complexity index is 211. The first kappa shape index (κ1) is 10.3. The SMILES string of the molecule is CN.CS(=O)c1ccccc1. The van der Waals surface area contributed by atoms with E-state index in [-0.39, 0.29) is 0 Å². The van der Waals surface area contributed by atoms with Crippen LogP contribution in [0.15, 0.2) is 35.2 Å². The fourth-order valence-electron chi connectivity index (χ4n) is 0.612. The highest BCUT2D eigenvalue weighted by Crippen LogP contribution is 2.01. The van der Waals surface area contributed by atoms with Gasteiger partial charge in [0.15, 0.2) is 0 Å². The normalized spacial score (nSPS) is 11.2. The Morgan fingerprint density at radius 1 is 1.18 bits per heavy atom. The fraction of sp³-hybridized carbons (Fsp3) is 0.250. The van der Waals surface area contributed by atoms with E-state index in [0.29, 0.717) is 0 Å². The van der Waals surface area contributed by atoms with Crippen LogP contribution in [0.4, 0.5) is 0 Å². The number of hydrogen-bond donors (Lipinski definition) is 1. The van der Waals surface area contributed by atoms with E-state index in [1.165, 1.54) is 7.05 Å². The van der Waals surface area contributed by atoms with E-state index in [2.05, 4.69) is 5.73 Å². The van der Waals surface area contributed by atoms with Gasteiger partial charge in [0.2, 0.25) is 0 Å². The molecule has 0 saturated carbocycles. The number of benzene rings is 1. The van der Waals surface area contributed by atoms with E-state index in [0.717, 1.165) is 4.90 Å². The maximum atomic E-state index is 10.8. The number of rotatable bonds is 1. The molecule has 0 radical (unpaired) electrons. The largest absolute Gasteiger partial charge is 0.333 e. The third kappa shape index (κ3) is 3.91. The van der Waals surface area contributed by atoms with Crippen molar-refractivity contribution in [1.82, 2.24) is 0 Å². The van der Waals surface area contributed by atoms with E-state index in [1.807, 2.05) is 30.3 Å². The summed E-state index contributed by atoms with van der Waals surface area (Å²) >= 11 is 0. The molecule has 0 aliphatic carbocycles. The predicted molar refractivity (Wildman–Crippen MR) is 48.9 cm³/mol. The highest BCUT2D eigenvalue weighted by Gasteiger charge is 1.90. The zero-order valence-electron chi connectivity index (χ0n) is 6.78. The molecule has 2 N–H and O–H groups in total. The maximum Gasteiger partial charge on any atom is 0.0498 e. The lowest BCUT2D eigenvalue weighted by Gasteiger charge is -1.90. The van der Waals surface area contributed by atoms with Crippen molar-refractivity contribution in [2.45, 2.75) is 4.90 Å². The van der Waals surface area contributed by atoms with Gasteiger partial charge in [-0.15, -0.1) is 0 Å². The Labute approximate surface area is 69.9 Å². The van der Waals surface area contributed by atoms with Gasteiger partial charge in [-0.3, -0.25) is 4.21 Å². The third-order valence-electron chi connectivity index (χ3n) is 1.08. The van der Waals surface area contributed by atoms with Gasteiger partial charge in [-0.25, -0.2) is 0 Å². The first-order valence-corrected chi connectivity index (χ1v) is 4.83. The first-order chi connectivity index (χ1) is 5.30. The van der Waals surface area contributed by atoms with Crippen molar-refractivity contribution in [1.29, 1.82) is 0 Å². The molecule has 1 aromatic carbocycles. The molecule has 3 heteroatoms. The lowest BCUT2D eigenvalue weighted by Crippen LogP contribution is -1.83. The summed E-state index contributed by atoms with van der Waals surface area (Å²) < 4.78 is 10.8. The molecule has 0 amide bonds. The van der Waals surface area contributed by atoms with E-state index >= 15 is 0 Å². The molecule has 0 spiro atoms. The van der Waals surface area contributed by atoms with Crippen LogP contribution in [0, 0.1) is 0 Å². The van der Waals surface area contributed by atoms with Gasteiger partial charge in [0.25, 0.3) is 0 Å². The van der Waals surface area contributed by atoms with Crippen molar-refractivity contribution in [3.8, 4) is 0 Å². The second-order valence-electron chi connectivity index (χ2n) is 1.77. The number of hydrogen-bond acceptors (Lipinski definition) is 2. The number of nitrogens with two attached hydrogens (primary N) is 1. The Morgan fingerprint density at radius 3 is 1.91 bits per heavy atom. The summed E-state index contributed by atoms with van der Waals surface area (Å²) in [7, 11) is 0.671. The Hall–Kier alpha value is -0.670. The van der Waals surface area contributed by atoms with Gasteiger partial charge in [-0.05, 0) is 19.2 Å². The standard InChI is InChI=1S/C7H8OS.CH5N/c1-9(8)7-5-3-2-4-6-7;1-2/h2-6H,1H3;2H2,1H3. The van der Waals surface area contributed by atoms with Gasteiger partial charge in [0, 0.05) is 22.0 Å². The van der Waals surface area contributed by atoms with Crippen molar-refractivity contribution in [2.75, 3.05) is 13.3 Å². The lowest BCUT2D eigenvalue weighted by atomic mass is 10.4. The Balaban J connectivity index is 0.000000461. The van der Waals surface area contributed by atoms with Gasteiger partial charge in [0.1, 0.15) is 0 Å². The van der Waals surface area contributed by atoms with Gasteiger partial charge in [-0.1, -0.05) is 18.2 Å². The summed E-state index contributed by atoms with van der Waals surface area (Å²) in [6.45, 7) is 0. The summed E-state index contributed by atoms with van der Waals surface area (Å²) in [4.78, 5) is 0.887. The monoisotopic (exact) mass is 171 g/mol. The molecule has 0 fully saturated rings. The second-order valence-corrected chi connectivity index (χ2v) is 3.15. The van der Waals surface area contributed by atoms with Crippen molar-refractivity contribution in [3.63, 3.8) is 0 Å². The smallest absolute Gasteiger partial charge is 0.0498 e. The third-order valence-corrected chi connectivity index (χ3v) is 2.01. The highest BCUT2D eigenvalue weighted by atomic mass is 32.2. The van der Waals surface area contributed by atoms with Crippen LogP contribution in [0.2, 0.25) is 0 Å². The van der Waals surface area contributed by atoms with Crippen molar-refractivity contribution < 1.29 is 4.21 Å². The molecule has 1 rings (SSSR count). The van der Waals surface area contributed by atoms with Crippen LogP contribution in [-0.2, 0) is 10.8 Å². The van der Waals surface area contributed by atoms with E-state index in [1.54, 1.807) is 6.26 Å². The van der Waals surface area contributed by atoms with E-state index in [4.69, 9.17) is 0 Å². The molecule has 0 aliphatic heterocycles. The summed E-state index contributed by atoms with van der Waals surface area (Å²) in [5.41, 5.74) is 4.50. The average Bonchev–Trinajstić information content (AvgIpc) is 2.10. The van der Waals surface area contributed by atoms with Crippen LogP contribution >= 0.6 is 0 Å². The van der Waals surface area contributed by atoms with Gasteiger partial charge in [0.05, 0.1) is 0 Å². The van der Waals surface area contributed by atoms with Gasteiger partial charge >= 0.3 is 0 Å². The molecular formula is C8H13NOS. The van der Waals surface area contributed by atoms with Gasteiger partial charge < -0.3 is 5.73 Å². The summed E-state index contributed by atoms with van der Waals surface area (Å²) in [6.07, 6.45) is 1.68. The first-order valence-electron chi connectivity index (χ1n) is 3.27. The second kappa shape index (κ2) is 6.07. The minimum absolute atomic E-state index is 0.829. The van der Waals surface area contributed by atoms with Crippen molar-refractivity contribution in [3.05, 3.63) is 30.3 Å². The molecule has 0 heterocycles. The summed E-state index contributed by atoms with van der Waals surface area (Å²) in [6, 6.07) is 9.40. The van der Waals surface area contributed by atoms with Crippen LogP contribution < -0.4 is 5.73 Å². The molecule has 11 heavy (non-hydrogen) atoms. The quantitative estimate of drug-likeness (QED) is 0.685. The predicted octanol–water partition coefficient (Wildman–Crippen LogP) is 0.999. The molecule has 62 valence electrons. The van der Waals surface area contributed by atoms with E-state index in [9.17, 15) is 4.21 Å². The van der Waals surface area contributed by atoms with Crippen LogP contribution in [0.3, 0.4) is 0 Å². The maximum absolute atomic E-state index is 10.8. The fourth-order valence-corrected chi connectivity index (χ4v) is 1.15. The summed E-state index contributed by atoms with van der Waals surface area (Å²) in [5, 5.41) is 0. The van der Waals surface area contributed by atoms with Crippen LogP contribution in [0.25, 0.3) is 0 Å². The molecule has 2 nitrogen and oxygen atoms in total. The zero-order chi connectivity index (χ0) is 8.69. The zero-order valence-corrected chi connectivity index (χ0v) is 7.60. The summed E-state index contributed by atoms with van der Waals surface area (Å²) in [5.74, 6) is 0. The molecular weight excluding hydrogens is 158 g/mol. The van der Waals surface area contributed by atoms with Crippen LogP contribution in [0.1, 0.15) is 0 Å². The van der Waals surface area contributed by atoms with Crippen molar-refractivity contribution in [2.24, 2.45) is 5.73 Å². The Morgan fingerprint density at radius 2 is 1.64 bits per heavy atom. The van der Waals surface area contributed by atoms with Crippen LogP contribution in [0.5, 0.6) is 0 Å². The molecule has 0 aromatic heterocycles. The molecule has 0 saturated heterocycles. The Kier molecular flexibility index (Phi) is 5.70. The van der Waals surface area contributed by atoms with Gasteiger partial charge in [-0.2, -0.15) is 0 Å².